The average molecular weight is 371 g/mol. The quantitative estimate of drug-likeness (QED) is 0.536. The largest absolute Gasteiger partial charge is 0.469 e. The lowest BCUT2D eigenvalue weighted by Gasteiger charge is -2.39. The molecule has 1 aromatic carbocycles. The zero-order valence-electron chi connectivity index (χ0n) is 15.8. The molecule has 24 heavy (non-hydrogen) atoms. The monoisotopic (exact) mass is 370 g/mol. The molecular weight excluding hydrogens is 340 g/mol. The van der Waals surface area contributed by atoms with E-state index in [4.69, 9.17) is 9.16 Å². The van der Waals surface area contributed by atoms with Crippen molar-refractivity contribution in [1.29, 1.82) is 0 Å². The fourth-order valence-electron chi connectivity index (χ4n) is 1.95. The van der Waals surface area contributed by atoms with Gasteiger partial charge in [-0.3, -0.25) is 9.00 Å². The van der Waals surface area contributed by atoms with Crippen molar-refractivity contribution in [1.82, 2.24) is 0 Å². The molecule has 0 aliphatic carbocycles. The molecule has 0 aliphatic heterocycles. The lowest BCUT2D eigenvalue weighted by molar-refractivity contribution is -0.142. The van der Waals surface area contributed by atoms with Gasteiger partial charge >= 0.3 is 5.97 Å². The van der Waals surface area contributed by atoms with Crippen molar-refractivity contribution in [3.63, 3.8) is 0 Å². The van der Waals surface area contributed by atoms with Gasteiger partial charge in [-0.1, -0.05) is 38.5 Å². The van der Waals surface area contributed by atoms with E-state index in [-0.39, 0.29) is 17.4 Å². The number of esters is 1. The van der Waals surface area contributed by atoms with E-state index in [0.717, 1.165) is 10.5 Å². The molecule has 2 atom stereocenters. The first-order chi connectivity index (χ1) is 11.0. The average Bonchev–Trinajstić information content (AvgIpc) is 2.45. The minimum Gasteiger partial charge on any atom is -0.469 e. The molecule has 0 radical (unpaired) electrons. The molecule has 0 aliphatic rings. The van der Waals surface area contributed by atoms with Gasteiger partial charge < -0.3 is 9.16 Å². The predicted octanol–water partition coefficient (Wildman–Crippen LogP) is 4.06. The predicted molar refractivity (Wildman–Crippen MR) is 101 cm³/mol. The number of ether oxygens (including phenoxy) is 1. The van der Waals surface area contributed by atoms with Crippen molar-refractivity contribution >= 4 is 25.1 Å². The van der Waals surface area contributed by atoms with E-state index in [0.29, 0.717) is 5.75 Å². The topological polar surface area (TPSA) is 52.6 Å². The second-order valence-corrected chi connectivity index (χ2v) is 13.9. The van der Waals surface area contributed by atoms with E-state index in [2.05, 4.69) is 33.9 Å². The van der Waals surface area contributed by atoms with Crippen LogP contribution in [0.1, 0.15) is 32.8 Å². The molecule has 1 rings (SSSR count). The summed E-state index contributed by atoms with van der Waals surface area (Å²) < 4.78 is 23.8. The van der Waals surface area contributed by atoms with Gasteiger partial charge in [-0.25, -0.2) is 0 Å². The van der Waals surface area contributed by atoms with Crippen molar-refractivity contribution in [2.45, 2.75) is 63.2 Å². The summed E-state index contributed by atoms with van der Waals surface area (Å²) >= 11 is 0. The number of rotatable bonds is 7. The molecule has 1 unspecified atom stereocenters. The Bertz CT molecular complexity index is 576. The Labute approximate surface area is 149 Å². The highest BCUT2D eigenvalue weighted by molar-refractivity contribution is 7.85. The Kier molecular flexibility index (Phi) is 7.37. The standard InChI is InChI=1S/C18H30O4SSi/c1-14-8-10-16(11-9-14)23(20)13-15(12-17(19)21-5)22-24(6,7)18(2,3)4/h8-11,15H,12-13H2,1-7H3/t15-,23?/m0/s1. The van der Waals surface area contributed by atoms with Crippen LogP contribution in [-0.2, 0) is 24.8 Å². The van der Waals surface area contributed by atoms with Gasteiger partial charge in [0.2, 0.25) is 0 Å². The summed E-state index contributed by atoms with van der Waals surface area (Å²) in [5, 5.41) is 0.0206. The minimum atomic E-state index is -2.07. The maximum Gasteiger partial charge on any atom is 0.308 e. The second-order valence-electron chi connectivity index (χ2n) is 7.61. The third kappa shape index (κ3) is 6.15. The van der Waals surface area contributed by atoms with Gasteiger partial charge in [0.25, 0.3) is 0 Å². The summed E-state index contributed by atoms with van der Waals surface area (Å²) in [6, 6.07) is 7.62. The van der Waals surface area contributed by atoms with E-state index in [1.807, 2.05) is 31.2 Å². The Morgan fingerprint density at radius 2 is 1.75 bits per heavy atom. The Balaban J connectivity index is 2.91. The van der Waals surface area contributed by atoms with Crippen LogP contribution >= 0.6 is 0 Å². The van der Waals surface area contributed by atoms with Crippen molar-refractivity contribution in [3.8, 4) is 0 Å². The van der Waals surface area contributed by atoms with Crippen LogP contribution in [0.3, 0.4) is 0 Å². The lowest BCUT2D eigenvalue weighted by atomic mass is 10.2. The summed E-state index contributed by atoms with van der Waals surface area (Å²) in [6.07, 6.45) is -0.277. The first-order valence-corrected chi connectivity index (χ1v) is 12.4. The molecule has 6 heteroatoms. The van der Waals surface area contributed by atoms with Gasteiger partial charge in [-0.05, 0) is 37.2 Å². The first-order valence-electron chi connectivity index (χ1n) is 8.16. The highest BCUT2D eigenvalue weighted by atomic mass is 32.2. The Morgan fingerprint density at radius 3 is 2.21 bits per heavy atom. The maximum atomic E-state index is 12.7. The molecule has 0 saturated heterocycles. The molecule has 0 heterocycles. The van der Waals surface area contributed by atoms with Gasteiger partial charge in [0, 0.05) is 4.90 Å². The molecular formula is C18H30O4SSi. The normalized spacial score (nSPS) is 15.0. The number of benzene rings is 1. The highest BCUT2D eigenvalue weighted by Crippen LogP contribution is 2.37. The second kappa shape index (κ2) is 8.40. The summed E-state index contributed by atoms with van der Waals surface area (Å²) in [5.74, 6) is -0.0374. The van der Waals surface area contributed by atoms with Crippen LogP contribution in [0.4, 0.5) is 0 Å². The number of carbonyl (C=O) groups is 1. The van der Waals surface area contributed by atoms with E-state index >= 15 is 0 Å². The zero-order chi connectivity index (χ0) is 18.5. The smallest absolute Gasteiger partial charge is 0.308 e. The molecule has 1 aromatic rings. The van der Waals surface area contributed by atoms with Gasteiger partial charge in [-0.15, -0.1) is 0 Å². The summed E-state index contributed by atoms with van der Waals surface area (Å²) in [7, 11) is -1.91. The van der Waals surface area contributed by atoms with Crippen LogP contribution in [-0.4, -0.2) is 37.5 Å². The third-order valence-electron chi connectivity index (χ3n) is 4.51. The molecule has 0 N–H and O–H groups in total. The molecule has 4 nitrogen and oxygen atoms in total. The van der Waals surface area contributed by atoms with Gasteiger partial charge in [0.15, 0.2) is 8.32 Å². The molecule has 0 saturated carbocycles. The van der Waals surface area contributed by atoms with Crippen LogP contribution in [0.5, 0.6) is 0 Å². The van der Waals surface area contributed by atoms with Gasteiger partial charge in [-0.2, -0.15) is 0 Å². The minimum absolute atomic E-state index is 0.0206. The summed E-state index contributed by atoms with van der Waals surface area (Å²) in [6.45, 7) is 12.7. The molecule has 0 aromatic heterocycles. The van der Waals surface area contributed by atoms with Crippen molar-refractivity contribution < 1.29 is 18.2 Å². The van der Waals surface area contributed by atoms with E-state index in [1.54, 1.807) is 0 Å². The first kappa shape index (κ1) is 21.1. The zero-order valence-corrected chi connectivity index (χ0v) is 17.7. The lowest BCUT2D eigenvalue weighted by Crippen LogP contribution is -2.45. The Morgan fingerprint density at radius 1 is 1.21 bits per heavy atom. The van der Waals surface area contributed by atoms with E-state index < -0.39 is 25.2 Å². The van der Waals surface area contributed by atoms with Gasteiger partial charge in [0.05, 0.1) is 36.2 Å². The van der Waals surface area contributed by atoms with Crippen molar-refractivity contribution in [2.24, 2.45) is 0 Å². The fourth-order valence-corrected chi connectivity index (χ4v) is 4.58. The van der Waals surface area contributed by atoms with Crippen LogP contribution in [0.15, 0.2) is 29.2 Å². The number of carbonyl (C=O) groups excluding carboxylic acids is 1. The van der Waals surface area contributed by atoms with Crippen LogP contribution < -0.4 is 0 Å². The molecule has 0 bridgehead atoms. The third-order valence-corrected chi connectivity index (χ3v) is 10.5. The van der Waals surface area contributed by atoms with Crippen LogP contribution in [0.2, 0.25) is 18.1 Å². The SMILES string of the molecule is COC(=O)C[C@@H](CS(=O)c1ccc(C)cc1)O[Si](C)(C)C(C)(C)C. The molecule has 136 valence electrons. The number of hydrogen-bond acceptors (Lipinski definition) is 4. The van der Waals surface area contributed by atoms with Crippen LogP contribution in [0.25, 0.3) is 0 Å². The summed E-state index contributed by atoms with van der Waals surface area (Å²) in [5.41, 5.74) is 1.12. The van der Waals surface area contributed by atoms with Crippen molar-refractivity contribution in [2.75, 3.05) is 12.9 Å². The number of hydrogen-bond donors (Lipinski definition) is 0. The molecule has 0 fully saturated rings. The number of methoxy groups -OCH3 is 1. The van der Waals surface area contributed by atoms with Crippen molar-refractivity contribution in [3.05, 3.63) is 29.8 Å². The van der Waals surface area contributed by atoms with E-state index in [1.165, 1.54) is 7.11 Å². The summed E-state index contributed by atoms with van der Waals surface area (Å²) in [4.78, 5) is 12.5. The molecule has 0 spiro atoms. The maximum absolute atomic E-state index is 12.7. The van der Waals surface area contributed by atoms with Gasteiger partial charge in [0.1, 0.15) is 0 Å². The fraction of sp³-hybridized carbons (Fsp3) is 0.611. The highest BCUT2D eigenvalue weighted by Gasteiger charge is 2.40. The van der Waals surface area contributed by atoms with E-state index in [9.17, 15) is 9.00 Å². The van der Waals surface area contributed by atoms with Crippen LogP contribution in [0, 0.1) is 6.92 Å². The Hall–Kier alpha value is -0.983. The molecule has 0 amide bonds. The number of aryl methyl sites for hydroxylation is 1.